The van der Waals surface area contributed by atoms with Gasteiger partial charge in [0, 0.05) is 11.8 Å². The fraction of sp³-hybridized carbons (Fsp3) is 0.273. The third-order valence-corrected chi connectivity index (χ3v) is 2.16. The number of hydrogen-bond donors (Lipinski definition) is 2. The van der Waals surface area contributed by atoms with Crippen LogP contribution in [0.1, 0.15) is 18.9 Å². The van der Waals surface area contributed by atoms with E-state index in [1.165, 1.54) is 6.20 Å². The summed E-state index contributed by atoms with van der Waals surface area (Å²) in [7, 11) is 0. The Morgan fingerprint density at radius 2 is 2.56 bits per heavy atom. The third-order valence-electron chi connectivity index (χ3n) is 2.16. The van der Waals surface area contributed by atoms with Crippen molar-refractivity contribution in [2.75, 3.05) is 11.9 Å². The number of pyridine rings is 1. The second-order valence-corrected chi connectivity index (χ2v) is 3.41. The van der Waals surface area contributed by atoms with Crippen molar-refractivity contribution in [3.05, 3.63) is 23.9 Å². The highest BCUT2D eigenvalue weighted by molar-refractivity contribution is 5.95. The Kier molecular flexibility index (Phi) is 2.76. The molecule has 1 aromatic heterocycles. The average molecular weight is 220 g/mol. The Balaban J connectivity index is 2.34. The lowest BCUT2D eigenvalue weighted by atomic mass is 10.2. The van der Waals surface area contributed by atoms with Crippen LogP contribution in [0.3, 0.4) is 0 Å². The predicted molar refractivity (Wildman–Crippen MR) is 59.3 cm³/mol. The van der Waals surface area contributed by atoms with Gasteiger partial charge in [0.05, 0.1) is 0 Å². The van der Waals surface area contributed by atoms with E-state index >= 15 is 0 Å². The van der Waals surface area contributed by atoms with E-state index in [0.717, 1.165) is 6.42 Å². The van der Waals surface area contributed by atoms with Crippen LogP contribution in [-0.4, -0.2) is 22.6 Å². The van der Waals surface area contributed by atoms with Gasteiger partial charge in [0.1, 0.15) is 11.4 Å². The molecular weight excluding hydrogens is 208 g/mol. The van der Waals surface area contributed by atoms with E-state index in [1.54, 1.807) is 12.1 Å². The van der Waals surface area contributed by atoms with Crippen LogP contribution in [0.2, 0.25) is 0 Å². The molecule has 1 aliphatic heterocycles. The van der Waals surface area contributed by atoms with E-state index in [4.69, 9.17) is 4.74 Å². The molecule has 2 heterocycles. The molecule has 2 rings (SSSR count). The van der Waals surface area contributed by atoms with Crippen LogP contribution in [0.5, 0.6) is 5.88 Å². The molecule has 0 bridgehead atoms. The standard InChI is InChI=1S/C11H12N2O3/c1-2-3-9(14)7-4-8-11(12-5-7)16-6-10(15)13-8/h3-5,14H,2,6H2,1H3,(H,13,15)/b9-3-. The van der Waals surface area contributed by atoms with Gasteiger partial charge in [0.25, 0.3) is 5.91 Å². The highest BCUT2D eigenvalue weighted by Gasteiger charge is 2.17. The van der Waals surface area contributed by atoms with Crippen molar-refractivity contribution < 1.29 is 14.6 Å². The van der Waals surface area contributed by atoms with Crippen molar-refractivity contribution >= 4 is 17.4 Å². The van der Waals surface area contributed by atoms with Gasteiger partial charge in [-0.2, -0.15) is 0 Å². The second-order valence-electron chi connectivity index (χ2n) is 3.41. The molecule has 84 valence electrons. The Bertz CT molecular complexity index is 455. The SMILES string of the molecule is CC/C=C(\O)c1cnc2c(c1)NC(=O)CO2. The molecule has 16 heavy (non-hydrogen) atoms. The minimum Gasteiger partial charge on any atom is -0.508 e. The van der Waals surface area contributed by atoms with Crippen LogP contribution in [0, 0.1) is 0 Å². The summed E-state index contributed by atoms with van der Waals surface area (Å²) in [5.74, 6) is 0.315. The van der Waals surface area contributed by atoms with Crippen molar-refractivity contribution in [3.8, 4) is 5.88 Å². The summed E-state index contributed by atoms with van der Waals surface area (Å²) in [5, 5.41) is 12.3. The molecule has 1 amide bonds. The molecule has 0 aliphatic carbocycles. The monoisotopic (exact) mass is 220 g/mol. The van der Waals surface area contributed by atoms with Gasteiger partial charge < -0.3 is 15.2 Å². The van der Waals surface area contributed by atoms with E-state index in [0.29, 0.717) is 17.1 Å². The second kappa shape index (κ2) is 4.22. The van der Waals surface area contributed by atoms with Gasteiger partial charge in [0.15, 0.2) is 6.61 Å². The molecular formula is C11H12N2O3. The number of ether oxygens (including phenoxy) is 1. The van der Waals surface area contributed by atoms with Gasteiger partial charge in [-0.3, -0.25) is 4.79 Å². The number of carbonyl (C=O) groups is 1. The summed E-state index contributed by atoms with van der Waals surface area (Å²) in [5.41, 5.74) is 1.05. The summed E-state index contributed by atoms with van der Waals surface area (Å²) in [6.45, 7) is 1.91. The zero-order valence-corrected chi connectivity index (χ0v) is 8.86. The normalized spacial score (nSPS) is 15.1. The number of hydrogen-bond acceptors (Lipinski definition) is 4. The summed E-state index contributed by atoms with van der Waals surface area (Å²) in [6.07, 6.45) is 3.92. The Labute approximate surface area is 92.8 Å². The van der Waals surface area contributed by atoms with E-state index in [-0.39, 0.29) is 18.3 Å². The highest BCUT2D eigenvalue weighted by atomic mass is 16.5. The molecule has 0 spiro atoms. The molecule has 0 atom stereocenters. The smallest absolute Gasteiger partial charge is 0.262 e. The number of carbonyl (C=O) groups excluding carboxylic acids is 1. The van der Waals surface area contributed by atoms with Crippen LogP contribution >= 0.6 is 0 Å². The zero-order valence-electron chi connectivity index (χ0n) is 8.86. The number of aliphatic hydroxyl groups excluding tert-OH is 1. The number of nitrogens with zero attached hydrogens (tertiary/aromatic N) is 1. The van der Waals surface area contributed by atoms with E-state index in [2.05, 4.69) is 10.3 Å². The van der Waals surface area contributed by atoms with E-state index in [1.807, 2.05) is 6.92 Å². The molecule has 5 nitrogen and oxygen atoms in total. The summed E-state index contributed by atoms with van der Waals surface area (Å²) in [4.78, 5) is 15.1. The van der Waals surface area contributed by atoms with Gasteiger partial charge in [-0.05, 0) is 18.6 Å². The first-order valence-electron chi connectivity index (χ1n) is 5.03. The third kappa shape index (κ3) is 1.98. The molecule has 0 unspecified atom stereocenters. The van der Waals surface area contributed by atoms with Gasteiger partial charge in [-0.25, -0.2) is 4.98 Å². The highest BCUT2D eigenvalue weighted by Crippen LogP contribution is 2.27. The fourth-order valence-corrected chi connectivity index (χ4v) is 1.43. The fourth-order valence-electron chi connectivity index (χ4n) is 1.43. The van der Waals surface area contributed by atoms with E-state index in [9.17, 15) is 9.90 Å². The molecule has 0 saturated carbocycles. The maximum Gasteiger partial charge on any atom is 0.262 e. The Hall–Kier alpha value is -2.04. The quantitative estimate of drug-likeness (QED) is 0.744. The molecule has 0 radical (unpaired) electrons. The number of aliphatic hydroxyl groups is 1. The number of amides is 1. The van der Waals surface area contributed by atoms with Crippen LogP contribution < -0.4 is 10.1 Å². The zero-order chi connectivity index (χ0) is 11.5. The molecule has 0 aromatic carbocycles. The molecule has 5 heteroatoms. The van der Waals surface area contributed by atoms with Crippen LogP contribution in [-0.2, 0) is 4.79 Å². The lowest BCUT2D eigenvalue weighted by Gasteiger charge is -2.17. The number of nitrogens with one attached hydrogen (secondary N) is 1. The summed E-state index contributed by atoms with van der Waals surface area (Å²) < 4.78 is 5.11. The van der Waals surface area contributed by atoms with Crippen molar-refractivity contribution in [1.29, 1.82) is 0 Å². The molecule has 1 aromatic rings. The average Bonchev–Trinajstić information content (AvgIpc) is 2.28. The van der Waals surface area contributed by atoms with Gasteiger partial charge in [-0.15, -0.1) is 0 Å². The van der Waals surface area contributed by atoms with Crippen molar-refractivity contribution in [2.45, 2.75) is 13.3 Å². The lowest BCUT2D eigenvalue weighted by molar-refractivity contribution is -0.118. The maximum absolute atomic E-state index is 11.1. The Morgan fingerprint density at radius 1 is 1.75 bits per heavy atom. The molecule has 2 N–H and O–H groups in total. The first-order chi connectivity index (χ1) is 7.70. The topological polar surface area (TPSA) is 71.5 Å². The van der Waals surface area contributed by atoms with Crippen LogP contribution in [0.4, 0.5) is 5.69 Å². The van der Waals surface area contributed by atoms with Gasteiger partial charge >= 0.3 is 0 Å². The molecule has 1 aliphatic rings. The molecule has 0 fully saturated rings. The maximum atomic E-state index is 11.1. The van der Waals surface area contributed by atoms with Gasteiger partial charge in [0.2, 0.25) is 5.88 Å². The first kappa shape index (κ1) is 10.5. The van der Waals surface area contributed by atoms with Crippen LogP contribution in [0.25, 0.3) is 5.76 Å². The summed E-state index contributed by atoms with van der Waals surface area (Å²) in [6, 6.07) is 1.64. The number of fused-ring (bicyclic) bond motifs is 1. The van der Waals surface area contributed by atoms with Crippen LogP contribution in [0.15, 0.2) is 18.3 Å². The number of aromatic nitrogens is 1. The summed E-state index contributed by atoms with van der Waals surface area (Å²) >= 11 is 0. The largest absolute Gasteiger partial charge is 0.508 e. The lowest BCUT2D eigenvalue weighted by Crippen LogP contribution is -2.26. The predicted octanol–water partition coefficient (Wildman–Crippen LogP) is 1.72. The van der Waals surface area contributed by atoms with Crippen molar-refractivity contribution in [3.63, 3.8) is 0 Å². The van der Waals surface area contributed by atoms with Crippen molar-refractivity contribution in [1.82, 2.24) is 4.98 Å². The van der Waals surface area contributed by atoms with Gasteiger partial charge in [-0.1, -0.05) is 6.92 Å². The number of allylic oxidation sites excluding steroid dienone is 1. The number of rotatable bonds is 2. The molecule has 0 saturated heterocycles. The number of anilines is 1. The Morgan fingerprint density at radius 3 is 3.31 bits per heavy atom. The minimum absolute atomic E-state index is 0.0177. The minimum atomic E-state index is -0.217. The van der Waals surface area contributed by atoms with E-state index < -0.39 is 0 Å². The van der Waals surface area contributed by atoms with Crippen molar-refractivity contribution in [2.24, 2.45) is 0 Å². The first-order valence-corrected chi connectivity index (χ1v) is 5.03.